The lowest BCUT2D eigenvalue weighted by Crippen LogP contribution is -2.25. The van der Waals surface area contributed by atoms with Crippen LogP contribution in [0.3, 0.4) is 0 Å². The van der Waals surface area contributed by atoms with E-state index in [0.29, 0.717) is 30.2 Å². The highest BCUT2D eigenvalue weighted by Crippen LogP contribution is 2.22. The molecule has 0 saturated carbocycles. The number of nitrogens with zero attached hydrogens (tertiary/aromatic N) is 2. The van der Waals surface area contributed by atoms with Crippen LogP contribution in [-0.4, -0.2) is 28.3 Å². The second kappa shape index (κ2) is 8.41. The molecule has 2 aromatic heterocycles. The van der Waals surface area contributed by atoms with Gasteiger partial charge >= 0.3 is 0 Å². The quantitative estimate of drug-likeness (QED) is 0.653. The highest BCUT2D eigenvalue weighted by molar-refractivity contribution is 7.09. The largest absolute Gasteiger partial charge is 0.457 e. The fourth-order valence-corrected chi connectivity index (χ4v) is 2.98. The number of carbonyl (C=O) groups excluding carboxylic acids is 2. The number of amides is 2. The Labute approximate surface area is 160 Å². The predicted molar refractivity (Wildman–Crippen MR) is 102 cm³/mol. The molecule has 0 bridgehead atoms. The molecule has 2 amide bonds. The maximum Gasteiger partial charge on any atom is 0.270 e. The van der Waals surface area contributed by atoms with E-state index < -0.39 is 5.91 Å². The smallest absolute Gasteiger partial charge is 0.270 e. The van der Waals surface area contributed by atoms with Crippen LogP contribution in [0.15, 0.2) is 48.0 Å². The average Bonchev–Trinajstić information content (AvgIpc) is 3.09. The van der Waals surface area contributed by atoms with E-state index in [0.717, 1.165) is 10.6 Å². The number of benzene rings is 1. The fourth-order valence-electron chi connectivity index (χ4n) is 2.39. The lowest BCUT2D eigenvalue weighted by atomic mass is 10.1. The average molecular weight is 382 g/mol. The number of aromatic nitrogens is 2. The van der Waals surface area contributed by atoms with E-state index in [9.17, 15) is 9.59 Å². The van der Waals surface area contributed by atoms with Gasteiger partial charge in [-0.15, -0.1) is 11.3 Å². The Bertz CT molecular complexity index is 971. The zero-order valence-electron chi connectivity index (χ0n) is 14.6. The number of hydrogen-bond acceptors (Lipinski definition) is 6. The van der Waals surface area contributed by atoms with E-state index in [4.69, 9.17) is 10.5 Å². The van der Waals surface area contributed by atoms with Crippen LogP contribution in [0.25, 0.3) is 0 Å². The molecule has 0 radical (unpaired) electrons. The summed E-state index contributed by atoms with van der Waals surface area (Å²) < 4.78 is 5.77. The van der Waals surface area contributed by atoms with Gasteiger partial charge in [-0.05, 0) is 37.1 Å². The molecule has 27 heavy (non-hydrogen) atoms. The molecule has 2 heterocycles. The first-order valence-corrected chi connectivity index (χ1v) is 9.12. The number of carbonyl (C=O) groups is 2. The molecular weight excluding hydrogens is 364 g/mol. The maximum atomic E-state index is 12.0. The predicted octanol–water partition coefficient (Wildman–Crippen LogP) is 2.71. The van der Waals surface area contributed by atoms with Crippen LogP contribution in [0.1, 0.15) is 31.5 Å². The van der Waals surface area contributed by atoms with Crippen molar-refractivity contribution in [3.8, 4) is 11.5 Å². The molecule has 0 atom stereocenters. The zero-order chi connectivity index (χ0) is 19.2. The van der Waals surface area contributed by atoms with Crippen LogP contribution >= 0.6 is 11.3 Å². The van der Waals surface area contributed by atoms with Crippen LogP contribution in [-0.2, 0) is 6.42 Å². The highest BCUT2D eigenvalue weighted by atomic mass is 32.1. The first kappa shape index (κ1) is 18.5. The minimum atomic E-state index is -0.611. The number of rotatable bonds is 7. The Morgan fingerprint density at radius 2 is 2.00 bits per heavy atom. The number of nitrogens with two attached hydrogens (primary N) is 1. The molecule has 0 fully saturated rings. The third-order valence-electron chi connectivity index (χ3n) is 3.67. The van der Waals surface area contributed by atoms with Crippen molar-refractivity contribution in [2.24, 2.45) is 5.73 Å². The topological polar surface area (TPSA) is 107 Å². The van der Waals surface area contributed by atoms with Gasteiger partial charge in [-0.25, -0.2) is 4.98 Å². The van der Waals surface area contributed by atoms with Gasteiger partial charge < -0.3 is 15.8 Å². The van der Waals surface area contributed by atoms with E-state index >= 15 is 0 Å². The lowest BCUT2D eigenvalue weighted by Gasteiger charge is -2.09. The van der Waals surface area contributed by atoms with Gasteiger partial charge in [-0.3, -0.25) is 14.6 Å². The van der Waals surface area contributed by atoms with Crippen LogP contribution in [0, 0.1) is 6.92 Å². The molecule has 0 spiro atoms. The zero-order valence-corrected chi connectivity index (χ0v) is 15.5. The molecule has 0 saturated heterocycles. The first-order valence-electron chi connectivity index (χ1n) is 8.24. The summed E-state index contributed by atoms with van der Waals surface area (Å²) >= 11 is 1.45. The number of primary amides is 1. The highest BCUT2D eigenvalue weighted by Gasteiger charge is 2.09. The van der Waals surface area contributed by atoms with Crippen molar-refractivity contribution >= 4 is 23.2 Å². The molecule has 0 aliphatic rings. The molecule has 1 aromatic carbocycles. The summed E-state index contributed by atoms with van der Waals surface area (Å²) in [6, 6.07) is 10.6. The monoisotopic (exact) mass is 382 g/mol. The van der Waals surface area contributed by atoms with Crippen LogP contribution < -0.4 is 15.8 Å². The Kier molecular flexibility index (Phi) is 5.77. The van der Waals surface area contributed by atoms with Crippen molar-refractivity contribution in [3.05, 3.63) is 69.9 Å². The van der Waals surface area contributed by atoms with Crippen molar-refractivity contribution in [3.63, 3.8) is 0 Å². The number of aryl methyl sites for hydroxylation is 1. The molecule has 7 nitrogen and oxygen atoms in total. The van der Waals surface area contributed by atoms with Gasteiger partial charge in [0.15, 0.2) is 0 Å². The minimum Gasteiger partial charge on any atom is -0.457 e. The molecule has 3 aromatic rings. The van der Waals surface area contributed by atoms with Crippen molar-refractivity contribution in [2.45, 2.75) is 13.3 Å². The van der Waals surface area contributed by atoms with E-state index in [1.54, 1.807) is 11.4 Å². The third-order valence-corrected chi connectivity index (χ3v) is 4.44. The Hall–Kier alpha value is -3.26. The van der Waals surface area contributed by atoms with E-state index in [2.05, 4.69) is 15.3 Å². The first-order chi connectivity index (χ1) is 13.0. The van der Waals surface area contributed by atoms with E-state index in [-0.39, 0.29) is 11.6 Å². The van der Waals surface area contributed by atoms with Gasteiger partial charge in [0.1, 0.15) is 22.9 Å². The maximum absolute atomic E-state index is 12.0. The molecule has 138 valence electrons. The fraction of sp³-hybridized carbons (Fsp3) is 0.158. The number of hydrogen-bond donors (Lipinski definition) is 2. The summed E-state index contributed by atoms with van der Waals surface area (Å²) in [6.07, 6.45) is 2.12. The Morgan fingerprint density at radius 3 is 2.74 bits per heavy atom. The summed E-state index contributed by atoms with van der Waals surface area (Å²) in [5, 5.41) is 5.46. The number of ether oxygens (including phenoxy) is 1. The van der Waals surface area contributed by atoms with Gasteiger partial charge in [0.05, 0.1) is 5.01 Å². The van der Waals surface area contributed by atoms with Crippen LogP contribution in [0.2, 0.25) is 0 Å². The molecule has 3 N–H and O–H groups in total. The second-order valence-electron chi connectivity index (χ2n) is 5.75. The molecule has 0 unspecified atom stereocenters. The molecular formula is C19H18N4O3S. The van der Waals surface area contributed by atoms with E-state index in [1.165, 1.54) is 23.6 Å². The standard InChI is InChI=1S/C19H18N4O3S/c1-12-23-17(11-27-12)19(25)22-7-5-13-3-2-4-14(9-13)26-15-6-8-21-16(10-15)18(20)24/h2-4,6,8-11H,5,7H2,1H3,(H2,20,24)(H,22,25). The number of thiazole rings is 1. The van der Waals surface area contributed by atoms with Gasteiger partial charge in [-0.1, -0.05) is 12.1 Å². The van der Waals surface area contributed by atoms with E-state index in [1.807, 2.05) is 31.2 Å². The Balaban J connectivity index is 1.58. The molecule has 0 aliphatic carbocycles. The Morgan fingerprint density at radius 1 is 1.19 bits per heavy atom. The van der Waals surface area contributed by atoms with Crippen molar-refractivity contribution in [1.29, 1.82) is 0 Å². The van der Waals surface area contributed by atoms with Gasteiger partial charge in [-0.2, -0.15) is 0 Å². The second-order valence-corrected chi connectivity index (χ2v) is 6.81. The van der Waals surface area contributed by atoms with Crippen molar-refractivity contribution < 1.29 is 14.3 Å². The van der Waals surface area contributed by atoms with Gasteiger partial charge in [0, 0.05) is 24.2 Å². The van der Waals surface area contributed by atoms with Crippen molar-refractivity contribution in [2.75, 3.05) is 6.54 Å². The third kappa shape index (κ3) is 5.11. The summed E-state index contributed by atoms with van der Waals surface area (Å²) in [5.41, 5.74) is 6.82. The summed E-state index contributed by atoms with van der Waals surface area (Å²) in [7, 11) is 0. The minimum absolute atomic E-state index is 0.142. The molecule has 8 heteroatoms. The van der Waals surface area contributed by atoms with Crippen LogP contribution in [0.4, 0.5) is 0 Å². The van der Waals surface area contributed by atoms with Crippen LogP contribution in [0.5, 0.6) is 11.5 Å². The normalized spacial score (nSPS) is 10.4. The number of pyridine rings is 1. The molecule has 0 aliphatic heterocycles. The summed E-state index contributed by atoms with van der Waals surface area (Å²) in [6.45, 7) is 2.35. The van der Waals surface area contributed by atoms with Gasteiger partial charge in [0.25, 0.3) is 11.8 Å². The van der Waals surface area contributed by atoms with Crippen molar-refractivity contribution in [1.82, 2.24) is 15.3 Å². The summed E-state index contributed by atoms with van der Waals surface area (Å²) in [5.74, 6) is 0.307. The molecule has 3 rings (SSSR count). The number of nitrogens with one attached hydrogen (secondary N) is 1. The lowest BCUT2D eigenvalue weighted by molar-refractivity contribution is 0.0948. The van der Waals surface area contributed by atoms with Gasteiger partial charge in [0.2, 0.25) is 0 Å². The summed E-state index contributed by atoms with van der Waals surface area (Å²) in [4.78, 5) is 31.3. The SMILES string of the molecule is Cc1nc(C(=O)NCCc2cccc(Oc3ccnc(C(N)=O)c3)c2)cs1.